The Hall–Kier alpha value is -3.68. The van der Waals surface area contributed by atoms with Gasteiger partial charge in [0.05, 0.1) is 17.0 Å². The third kappa shape index (κ3) is 3.07. The predicted molar refractivity (Wildman–Crippen MR) is 88.3 cm³/mol. The lowest BCUT2D eigenvalue weighted by Gasteiger charge is -1.93. The lowest BCUT2D eigenvalue weighted by Crippen LogP contribution is -2.08. The average molecular weight is 325 g/mol. The zero-order valence-corrected chi connectivity index (χ0v) is 12.2. The molecular formula is C16H11N3O5. The van der Waals surface area contributed by atoms with E-state index in [1.54, 1.807) is 0 Å². The highest BCUT2D eigenvalue weighted by molar-refractivity contribution is 5.73. The summed E-state index contributed by atoms with van der Waals surface area (Å²) in [4.78, 5) is 51.6. The fourth-order valence-corrected chi connectivity index (χ4v) is 2.08. The number of rotatable bonds is 0. The quantitative estimate of drug-likeness (QED) is 0.438. The Morgan fingerprint density at radius 3 is 2.17 bits per heavy atom. The molecule has 0 unspecified atom stereocenters. The van der Waals surface area contributed by atoms with Crippen LogP contribution >= 0.6 is 0 Å². The minimum absolute atomic E-state index is 0.0972. The molecule has 0 saturated carbocycles. The lowest BCUT2D eigenvalue weighted by atomic mass is 10.3. The van der Waals surface area contributed by atoms with Gasteiger partial charge in [0.25, 0.3) is 5.56 Å². The van der Waals surface area contributed by atoms with Crippen LogP contribution in [-0.2, 0) is 0 Å². The Morgan fingerprint density at radius 2 is 1.38 bits per heavy atom. The molecule has 4 rings (SSSR count). The maximum Gasteiger partial charge on any atom is 0.250 e. The van der Waals surface area contributed by atoms with Crippen LogP contribution in [0.25, 0.3) is 22.1 Å². The fourth-order valence-electron chi connectivity index (χ4n) is 2.08. The van der Waals surface area contributed by atoms with Gasteiger partial charge in [-0.15, -0.1) is 0 Å². The maximum absolute atomic E-state index is 11.1. The summed E-state index contributed by atoms with van der Waals surface area (Å²) in [5.41, 5.74) is -0.0706. The summed E-state index contributed by atoms with van der Waals surface area (Å²) in [6, 6.07) is 8.30. The van der Waals surface area contributed by atoms with E-state index in [2.05, 4.69) is 15.0 Å². The molecule has 4 heterocycles. The van der Waals surface area contributed by atoms with Crippen LogP contribution in [0.4, 0.5) is 0 Å². The molecule has 4 aromatic rings. The molecule has 0 spiro atoms. The minimum atomic E-state index is -0.281. The molecule has 8 heteroatoms. The number of hydrogen-bond acceptors (Lipinski definition) is 5. The number of nitrogens with one attached hydrogen (secondary N) is 3. The second kappa shape index (κ2) is 6.21. The molecule has 3 N–H and O–H groups in total. The van der Waals surface area contributed by atoms with Crippen molar-refractivity contribution in [3.63, 3.8) is 0 Å². The van der Waals surface area contributed by atoms with Crippen LogP contribution in [-0.4, -0.2) is 15.0 Å². The predicted octanol–water partition coefficient (Wildman–Crippen LogP) is 0.698. The van der Waals surface area contributed by atoms with Crippen LogP contribution in [0.15, 0.2) is 72.5 Å². The van der Waals surface area contributed by atoms with Crippen molar-refractivity contribution in [2.45, 2.75) is 0 Å². The number of hydrogen-bond donors (Lipinski definition) is 3. The van der Waals surface area contributed by atoms with Gasteiger partial charge in [0.1, 0.15) is 5.65 Å². The standard InChI is InChI=1S/C8H6N2O2.C8H5NO3/c11-6-3-4-9-8-5(6)1-2-7(12)10-8;10-6-3-4-12-8-5(6)1-2-7(11)9-8/h1-4H,(H2,9,10,11,12);1-4H,(H,9,11). The van der Waals surface area contributed by atoms with Crippen molar-refractivity contribution in [1.82, 2.24) is 15.0 Å². The number of pyridine rings is 3. The van der Waals surface area contributed by atoms with Crippen LogP contribution in [0, 0.1) is 0 Å². The Morgan fingerprint density at radius 1 is 0.708 bits per heavy atom. The highest BCUT2D eigenvalue weighted by atomic mass is 16.3. The van der Waals surface area contributed by atoms with Crippen molar-refractivity contribution in [1.29, 1.82) is 0 Å². The van der Waals surface area contributed by atoms with Gasteiger partial charge >= 0.3 is 0 Å². The van der Waals surface area contributed by atoms with E-state index in [9.17, 15) is 19.2 Å². The van der Waals surface area contributed by atoms with Crippen LogP contribution in [0.2, 0.25) is 0 Å². The molecule has 0 saturated heterocycles. The second-order valence-corrected chi connectivity index (χ2v) is 4.80. The van der Waals surface area contributed by atoms with E-state index in [1.165, 1.54) is 48.9 Å². The summed E-state index contributed by atoms with van der Waals surface area (Å²) in [7, 11) is 0. The monoisotopic (exact) mass is 325 g/mol. The number of H-pyrrole nitrogens is 3. The second-order valence-electron chi connectivity index (χ2n) is 4.80. The molecule has 0 fully saturated rings. The van der Waals surface area contributed by atoms with E-state index in [4.69, 9.17) is 4.42 Å². The summed E-state index contributed by atoms with van der Waals surface area (Å²) in [5, 5.41) is 0.884. The smallest absolute Gasteiger partial charge is 0.250 e. The first-order chi connectivity index (χ1) is 11.5. The van der Waals surface area contributed by atoms with Gasteiger partial charge in [-0.3, -0.25) is 24.2 Å². The summed E-state index contributed by atoms with van der Waals surface area (Å²) in [5.74, 6) is 0. The van der Waals surface area contributed by atoms with E-state index in [1.807, 2.05) is 0 Å². The third-order valence-electron chi connectivity index (χ3n) is 3.20. The largest absolute Gasteiger partial charge is 0.448 e. The van der Waals surface area contributed by atoms with Crippen molar-refractivity contribution >= 4 is 22.1 Å². The number of aromatic amines is 3. The Kier molecular flexibility index (Phi) is 3.94. The first-order valence-electron chi connectivity index (χ1n) is 6.86. The molecule has 0 aliphatic carbocycles. The molecule has 0 atom stereocenters. The zero-order chi connectivity index (χ0) is 17.1. The molecular weight excluding hydrogens is 314 g/mol. The highest BCUT2D eigenvalue weighted by Gasteiger charge is 1.98. The van der Waals surface area contributed by atoms with Gasteiger partial charge in [0.2, 0.25) is 11.3 Å². The molecule has 4 aromatic heterocycles. The van der Waals surface area contributed by atoms with Gasteiger partial charge < -0.3 is 14.4 Å². The third-order valence-corrected chi connectivity index (χ3v) is 3.20. The molecule has 8 nitrogen and oxygen atoms in total. The van der Waals surface area contributed by atoms with Crippen molar-refractivity contribution < 1.29 is 4.42 Å². The first kappa shape index (κ1) is 15.2. The fraction of sp³-hybridized carbons (Fsp3) is 0. The van der Waals surface area contributed by atoms with Gasteiger partial charge in [-0.1, -0.05) is 0 Å². The van der Waals surface area contributed by atoms with Crippen LogP contribution in [0.1, 0.15) is 0 Å². The van der Waals surface area contributed by atoms with E-state index in [0.717, 1.165) is 0 Å². The van der Waals surface area contributed by atoms with Gasteiger partial charge in [-0.25, -0.2) is 0 Å². The molecule has 0 bridgehead atoms. The van der Waals surface area contributed by atoms with E-state index >= 15 is 0 Å². The Bertz CT molecular complexity index is 1150. The van der Waals surface area contributed by atoms with E-state index < -0.39 is 0 Å². The van der Waals surface area contributed by atoms with Gasteiger partial charge in [-0.05, 0) is 12.1 Å². The van der Waals surface area contributed by atoms with Crippen molar-refractivity contribution in [3.05, 3.63) is 90.0 Å². The normalized spacial score (nSPS) is 10.3. The maximum atomic E-state index is 11.1. The van der Waals surface area contributed by atoms with Gasteiger partial charge in [0, 0.05) is 30.5 Å². The molecule has 0 amide bonds. The SMILES string of the molecule is O=c1ccc2c(=O)cc[nH]c2[nH]1.O=c1ccc2c(=O)ccoc2[nH]1. The van der Waals surface area contributed by atoms with Gasteiger partial charge in [-0.2, -0.15) is 0 Å². The van der Waals surface area contributed by atoms with E-state index in [0.29, 0.717) is 16.4 Å². The Balaban J connectivity index is 0.000000141. The highest BCUT2D eigenvalue weighted by Crippen LogP contribution is 2.01. The molecule has 24 heavy (non-hydrogen) atoms. The van der Waals surface area contributed by atoms with Crippen molar-refractivity contribution in [2.24, 2.45) is 0 Å². The molecule has 0 aliphatic rings. The molecule has 120 valence electrons. The minimum Gasteiger partial charge on any atom is -0.448 e. The van der Waals surface area contributed by atoms with Crippen LogP contribution in [0.3, 0.4) is 0 Å². The Labute approximate surface area is 132 Å². The average Bonchev–Trinajstić information content (AvgIpc) is 2.55. The summed E-state index contributed by atoms with van der Waals surface area (Å²) in [6.45, 7) is 0. The molecule has 0 aromatic carbocycles. The summed E-state index contributed by atoms with van der Waals surface area (Å²) in [6.07, 6.45) is 2.75. The number of aromatic nitrogens is 3. The topological polar surface area (TPSA) is 129 Å². The van der Waals surface area contributed by atoms with Crippen molar-refractivity contribution in [3.8, 4) is 0 Å². The lowest BCUT2D eigenvalue weighted by molar-refractivity contribution is 0.588. The number of fused-ring (bicyclic) bond motifs is 2. The molecule has 0 aliphatic heterocycles. The van der Waals surface area contributed by atoms with Crippen molar-refractivity contribution in [2.75, 3.05) is 0 Å². The van der Waals surface area contributed by atoms with E-state index in [-0.39, 0.29) is 27.7 Å². The first-order valence-corrected chi connectivity index (χ1v) is 6.86. The zero-order valence-electron chi connectivity index (χ0n) is 12.2. The molecule has 0 radical (unpaired) electrons. The van der Waals surface area contributed by atoms with Crippen LogP contribution < -0.4 is 22.0 Å². The van der Waals surface area contributed by atoms with Crippen LogP contribution in [0.5, 0.6) is 0 Å². The summed E-state index contributed by atoms with van der Waals surface area (Å²) >= 11 is 0. The summed E-state index contributed by atoms with van der Waals surface area (Å²) < 4.78 is 4.92. The van der Waals surface area contributed by atoms with Gasteiger partial charge in [0.15, 0.2) is 10.9 Å².